The predicted octanol–water partition coefficient (Wildman–Crippen LogP) is 6.96. The minimum atomic E-state index is -0.490. The van der Waals surface area contributed by atoms with Crippen LogP contribution in [-0.2, 0) is 6.54 Å². The summed E-state index contributed by atoms with van der Waals surface area (Å²) in [5.41, 5.74) is 2.28. The largest absolute Gasteiger partial charge is 0.344 e. The van der Waals surface area contributed by atoms with Gasteiger partial charge in [0, 0.05) is 28.9 Å². The van der Waals surface area contributed by atoms with E-state index in [1.807, 2.05) is 25.1 Å². The summed E-state index contributed by atoms with van der Waals surface area (Å²) in [5.74, 6) is 0.0149. The van der Waals surface area contributed by atoms with Gasteiger partial charge in [-0.25, -0.2) is 0 Å². The van der Waals surface area contributed by atoms with Gasteiger partial charge in [0.25, 0.3) is 5.91 Å². The number of carbonyl (C=O) groups is 1. The molecule has 166 valence electrons. The normalized spacial score (nSPS) is 14.3. The van der Waals surface area contributed by atoms with Crippen LogP contribution in [0.3, 0.4) is 0 Å². The maximum atomic E-state index is 13.4. The fraction of sp³-hybridized carbons (Fsp3) is 0.308. The summed E-state index contributed by atoms with van der Waals surface area (Å²) in [6.07, 6.45) is 5.99. The highest BCUT2D eigenvalue weighted by Gasteiger charge is 2.25. The Hall–Kier alpha value is -2.56. The van der Waals surface area contributed by atoms with Crippen LogP contribution in [0.4, 0.5) is 5.69 Å². The van der Waals surface area contributed by atoms with Crippen molar-refractivity contribution in [1.82, 2.24) is 4.57 Å². The number of hydrogen-bond acceptors (Lipinski definition) is 2. The Kier molecular flexibility index (Phi) is 7.02. The van der Waals surface area contributed by atoms with Crippen LogP contribution in [0.15, 0.2) is 59.4 Å². The summed E-state index contributed by atoms with van der Waals surface area (Å²) in [6.45, 7) is 2.67. The SMILES string of the molecule is Cc1cc(=O)c(C(=O)Nc2ccccc2Cl)c(-c2ccccc2Cl)n1CC1CCCCC1. The molecule has 0 atom stereocenters. The molecule has 2 aromatic carbocycles. The highest BCUT2D eigenvalue weighted by molar-refractivity contribution is 6.34. The van der Waals surface area contributed by atoms with E-state index in [9.17, 15) is 9.59 Å². The monoisotopic (exact) mass is 468 g/mol. The fourth-order valence-corrected chi connectivity index (χ4v) is 4.94. The lowest BCUT2D eigenvalue weighted by Gasteiger charge is -2.27. The molecule has 0 saturated heterocycles. The number of hydrogen-bond donors (Lipinski definition) is 1. The van der Waals surface area contributed by atoms with E-state index in [-0.39, 0.29) is 11.0 Å². The average Bonchev–Trinajstić information content (AvgIpc) is 2.78. The van der Waals surface area contributed by atoms with Crippen molar-refractivity contribution in [2.45, 2.75) is 45.6 Å². The third-order valence-electron chi connectivity index (χ3n) is 6.16. The molecule has 1 N–H and O–H groups in total. The fourth-order valence-electron chi connectivity index (χ4n) is 4.53. The van der Waals surface area contributed by atoms with E-state index in [0.717, 1.165) is 25.1 Å². The van der Waals surface area contributed by atoms with Crippen molar-refractivity contribution in [1.29, 1.82) is 0 Å². The summed E-state index contributed by atoms with van der Waals surface area (Å²) in [7, 11) is 0. The number of anilines is 1. The molecule has 1 amide bonds. The zero-order valence-corrected chi connectivity index (χ0v) is 19.5. The van der Waals surface area contributed by atoms with Gasteiger partial charge in [0.05, 0.1) is 16.4 Å². The van der Waals surface area contributed by atoms with Crippen molar-refractivity contribution in [3.8, 4) is 11.3 Å². The molecule has 3 aromatic rings. The minimum absolute atomic E-state index is 0.0828. The van der Waals surface area contributed by atoms with Crippen LogP contribution >= 0.6 is 23.2 Å². The van der Waals surface area contributed by atoms with Crippen molar-refractivity contribution < 1.29 is 4.79 Å². The van der Waals surface area contributed by atoms with E-state index < -0.39 is 5.91 Å². The van der Waals surface area contributed by atoms with Crippen LogP contribution in [0.5, 0.6) is 0 Å². The van der Waals surface area contributed by atoms with E-state index in [4.69, 9.17) is 23.2 Å². The van der Waals surface area contributed by atoms with Crippen molar-refractivity contribution >= 4 is 34.8 Å². The molecule has 0 radical (unpaired) electrons. The van der Waals surface area contributed by atoms with Gasteiger partial charge < -0.3 is 9.88 Å². The quantitative estimate of drug-likeness (QED) is 0.439. The number of para-hydroxylation sites is 1. The smallest absolute Gasteiger partial charge is 0.261 e. The number of nitrogens with one attached hydrogen (secondary N) is 1. The lowest BCUT2D eigenvalue weighted by Crippen LogP contribution is -2.28. The molecule has 4 rings (SSSR count). The van der Waals surface area contributed by atoms with E-state index in [1.54, 1.807) is 36.4 Å². The summed E-state index contributed by atoms with van der Waals surface area (Å²) in [5, 5.41) is 3.73. The zero-order chi connectivity index (χ0) is 22.7. The van der Waals surface area contributed by atoms with Crippen LogP contribution in [0.25, 0.3) is 11.3 Å². The Balaban J connectivity index is 1.87. The standard InChI is InChI=1S/C26H26Cl2N2O2/c1-17-15-23(31)24(26(32)29-22-14-8-7-13-21(22)28)25(19-11-5-6-12-20(19)27)30(17)16-18-9-3-2-4-10-18/h5-8,11-15,18H,2-4,9-10,16H2,1H3,(H,29,32). The number of benzene rings is 2. The number of amides is 1. The zero-order valence-electron chi connectivity index (χ0n) is 18.0. The van der Waals surface area contributed by atoms with Gasteiger partial charge in [-0.2, -0.15) is 0 Å². The first-order chi connectivity index (χ1) is 15.5. The van der Waals surface area contributed by atoms with E-state index in [2.05, 4.69) is 9.88 Å². The van der Waals surface area contributed by atoms with E-state index in [1.165, 1.54) is 19.3 Å². The topological polar surface area (TPSA) is 51.1 Å². The Bertz CT molecular complexity index is 1200. The van der Waals surface area contributed by atoms with Crippen LogP contribution in [0, 0.1) is 12.8 Å². The summed E-state index contributed by atoms with van der Waals surface area (Å²) in [4.78, 5) is 26.6. The predicted molar refractivity (Wildman–Crippen MR) is 132 cm³/mol. The van der Waals surface area contributed by atoms with Crippen LogP contribution < -0.4 is 10.7 Å². The van der Waals surface area contributed by atoms with Crippen molar-refractivity contribution in [3.63, 3.8) is 0 Å². The second kappa shape index (κ2) is 9.93. The number of nitrogens with zero attached hydrogens (tertiary/aromatic N) is 1. The third-order valence-corrected chi connectivity index (χ3v) is 6.82. The van der Waals surface area contributed by atoms with Crippen LogP contribution in [0.1, 0.15) is 48.2 Å². The number of aryl methyl sites for hydroxylation is 1. The van der Waals surface area contributed by atoms with Gasteiger partial charge in [0.1, 0.15) is 5.56 Å². The van der Waals surface area contributed by atoms with E-state index in [0.29, 0.717) is 32.9 Å². The van der Waals surface area contributed by atoms with Crippen molar-refractivity contribution in [2.24, 2.45) is 5.92 Å². The Labute approximate surface area is 198 Å². The van der Waals surface area contributed by atoms with Gasteiger partial charge in [0.15, 0.2) is 5.43 Å². The molecule has 1 saturated carbocycles. The summed E-state index contributed by atoms with van der Waals surface area (Å²) in [6, 6.07) is 15.9. The minimum Gasteiger partial charge on any atom is -0.344 e. The van der Waals surface area contributed by atoms with Crippen molar-refractivity contribution in [3.05, 3.63) is 86.1 Å². The van der Waals surface area contributed by atoms with Crippen molar-refractivity contribution in [2.75, 3.05) is 5.32 Å². The molecular formula is C26H26Cl2N2O2. The van der Waals surface area contributed by atoms with Gasteiger partial charge in [-0.15, -0.1) is 0 Å². The number of rotatable bonds is 5. The van der Waals surface area contributed by atoms with Gasteiger partial charge in [-0.1, -0.05) is 72.8 Å². The number of carbonyl (C=O) groups excluding carboxylic acids is 1. The Morgan fingerprint density at radius 3 is 2.34 bits per heavy atom. The molecule has 1 aliphatic carbocycles. The average molecular weight is 469 g/mol. The lowest BCUT2D eigenvalue weighted by atomic mass is 9.88. The Morgan fingerprint density at radius 2 is 1.66 bits per heavy atom. The summed E-state index contributed by atoms with van der Waals surface area (Å²) >= 11 is 12.8. The second-order valence-electron chi connectivity index (χ2n) is 8.40. The molecule has 1 aromatic heterocycles. The summed E-state index contributed by atoms with van der Waals surface area (Å²) < 4.78 is 2.10. The van der Waals surface area contributed by atoms with Crippen LogP contribution in [0.2, 0.25) is 10.0 Å². The molecule has 1 fully saturated rings. The van der Waals surface area contributed by atoms with Gasteiger partial charge in [-0.3, -0.25) is 9.59 Å². The lowest BCUT2D eigenvalue weighted by molar-refractivity contribution is 0.102. The van der Waals surface area contributed by atoms with Gasteiger partial charge in [-0.05, 0) is 43.9 Å². The molecule has 0 spiro atoms. The molecule has 4 nitrogen and oxygen atoms in total. The molecule has 0 aliphatic heterocycles. The second-order valence-corrected chi connectivity index (χ2v) is 9.22. The molecule has 6 heteroatoms. The number of aromatic nitrogens is 1. The van der Waals surface area contributed by atoms with Gasteiger partial charge in [0.2, 0.25) is 0 Å². The molecular weight excluding hydrogens is 443 g/mol. The molecule has 1 heterocycles. The Morgan fingerprint density at radius 1 is 1.00 bits per heavy atom. The van der Waals surface area contributed by atoms with Crippen LogP contribution in [-0.4, -0.2) is 10.5 Å². The molecule has 1 aliphatic rings. The highest BCUT2D eigenvalue weighted by atomic mass is 35.5. The van der Waals surface area contributed by atoms with E-state index >= 15 is 0 Å². The molecule has 0 unspecified atom stereocenters. The maximum Gasteiger partial charge on any atom is 0.261 e. The third kappa shape index (κ3) is 4.77. The number of pyridine rings is 1. The number of halogens is 2. The highest BCUT2D eigenvalue weighted by Crippen LogP contribution is 2.33. The first-order valence-corrected chi connectivity index (χ1v) is 11.8. The van der Waals surface area contributed by atoms with Gasteiger partial charge >= 0.3 is 0 Å². The molecule has 32 heavy (non-hydrogen) atoms. The maximum absolute atomic E-state index is 13.4. The first-order valence-electron chi connectivity index (χ1n) is 11.0. The first kappa shape index (κ1) is 22.6. The molecule has 0 bridgehead atoms.